The van der Waals surface area contributed by atoms with E-state index >= 15 is 0 Å². The zero-order valence-electron chi connectivity index (χ0n) is 12.8. The minimum Gasteiger partial charge on any atom is -0.309 e. The van der Waals surface area contributed by atoms with E-state index in [0.29, 0.717) is 17.7 Å². The molecule has 3 rings (SSSR count). The summed E-state index contributed by atoms with van der Waals surface area (Å²) in [6.45, 7) is 5.30. The van der Waals surface area contributed by atoms with Crippen molar-refractivity contribution in [3.05, 3.63) is 15.6 Å². The summed E-state index contributed by atoms with van der Waals surface area (Å²) in [6.07, 6.45) is 4.29. The van der Waals surface area contributed by atoms with Crippen LogP contribution in [0.1, 0.15) is 54.6 Å². The van der Waals surface area contributed by atoms with Crippen LogP contribution in [0.5, 0.6) is 0 Å². The lowest BCUT2D eigenvalue weighted by Gasteiger charge is -2.05. The van der Waals surface area contributed by atoms with E-state index in [9.17, 15) is 8.42 Å². The van der Waals surface area contributed by atoms with Crippen molar-refractivity contribution in [2.75, 3.05) is 11.5 Å². The van der Waals surface area contributed by atoms with Crippen LogP contribution in [0.25, 0.3) is 0 Å². The van der Waals surface area contributed by atoms with Crippen molar-refractivity contribution < 1.29 is 8.42 Å². The fraction of sp³-hybridized carbons (Fsp3) is 0.800. The third-order valence-electron chi connectivity index (χ3n) is 4.11. The molecule has 1 aromatic heterocycles. The SMILES string of the molecule is CC(C)Cc1nc(C2CCS(=O)(=O)C2)sc1CNC1CC1. The number of rotatable bonds is 6. The Morgan fingerprint density at radius 3 is 2.67 bits per heavy atom. The molecule has 1 unspecified atom stereocenters. The van der Waals surface area contributed by atoms with Gasteiger partial charge < -0.3 is 5.32 Å². The predicted molar refractivity (Wildman–Crippen MR) is 86.5 cm³/mol. The van der Waals surface area contributed by atoms with E-state index in [0.717, 1.165) is 24.4 Å². The van der Waals surface area contributed by atoms with Gasteiger partial charge in [-0.2, -0.15) is 0 Å². The summed E-state index contributed by atoms with van der Waals surface area (Å²) in [4.78, 5) is 6.13. The van der Waals surface area contributed by atoms with Crippen molar-refractivity contribution in [3.8, 4) is 0 Å². The number of hydrogen-bond acceptors (Lipinski definition) is 5. The summed E-state index contributed by atoms with van der Waals surface area (Å²) < 4.78 is 23.3. The molecule has 1 aliphatic carbocycles. The third kappa shape index (κ3) is 4.05. The quantitative estimate of drug-likeness (QED) is 0.871. The van der Waals surface area contributed by atoms with E-state index in [2.05, 4.69) is 19.2 Å². The number of nitrogens with zero attached hydrogens (tertiary/aromatic N) is 1. The normalized spacial score (nSPS) is 24.8. The maximum Gasteiger partial charge on any atom is 0.151 e. The van der Waals surface area contributed by atoms with Gasteiger partial charge in [-0.05, 0) is 31.6 Å². The largest absolute Gasteiger partial charge is 0.309 e. The van der Waals surface area contributed by atoms with Crippen LogP contribution in [0.4, 0.5) is 0 Å². The molecule has 6 heteroatoms. The van der Waals surface area contributed by atoms with E-state index < -0.39 is 9.84 Å². The Morgan fingerprint density at radius 1 is 1.33 bits per heavy atom. The van der Waals surface area contributed by atoms with Crippen molar-refractivity contribution in [3.63, 3.8) is 0 Å². The van der Waals surface area contributed by atoms with Gasteiger partial charge in [-0.1, -0.05) is 13.8 Å². The highest BCUT2D eigenvalue weighted by Gasteiger charge is 2.32. The van der Waals surface area contributed by atoms with E-state index in [1.54, 1.807) is 11.3 Å². The molecule has 1 aliphatic heterocycles. The third-order valence-corrected chi connectivity index (χ3v) is 7.13. The van der Waals surface area contributed by atoms with Gasteiger partial charge in [-0.15, -0.1) is 11.3 Å². The van der Waals surface area contributed by atoms with E-state index in [4.69, 9.17) is 4.98 Å². The summed E-state index contributed by atoms with van der Waals surface area (Å²) in [5, 5.41) is 4.60. The summed E-state index contributed by atoms with van der Waals surface area (Å²) >= 11 is 1.73. The second-order valence-corrected chi connectivity index (χ2v) is 10.1. The topological polar surface area (TPSA) is 59.1 Å². The molecule has 0 amide bonds. The van der Waals surface area contributed by atoms with E-state index in [1.807, 2.05) is 0 Å². The van der Waals surface area contributed by atoms with Gasteiger partial charge in [-0.3, -0.25) is 0 Å². The Kier molecular flexibility index (Phi) is 4.39. The second kappa shape index (κ2) is 5.97. The highest BCUT2D eigenvalue weighted by atomic mass is 32.2. The van der Waals surface area contributed by atoms with E-state index in [1.165, 1.54) is 23.4 Å². The van der Waals surface area contributed by atoms with Crippen molar-refractivity contribution in [1.82, 2.24) is 10.3 Å². The minimum absolute atomic E-state index is 0.126. The van der Waals surface area contributed by atoms with Crippen LogP contribution in [0, 0.1) is 5.92 Å². The zero-order valence-corrected chi connectivity index (χ0v) is 14.4. The van der Waals surface area contributed by atoms with Gasteiger partial charge in [0.1, 0.15) is 0 Å². The molecule has 1 atom stereocenters. The second-order valence-electron chi connectivity index (χ2n) is 6.78. The summed E-state index contributed by atoms with van der Waals surface area (Å²) in [6, 6.07) is 0.689. The van der Waals surface area contributed by atoms with Crippen LogP contribution in [0.3, 0.4) is 0 Å². The van der Waals surface area contributed by atoms with Crippen LogP contribution < -0.4 is 5.32 Å². The summed E-state index contributed by atoms with van der Waals surface area (Å²) in [7, 11) is -2.83. The van der Waals surface area contributed by atoms with Crippen molar-refractivity contribution in [2.45, 2.75) is 58.0 Å². The molecule has 0 radical (unpaired) electrons. The van der Waals surface area contributed by atoms with Gasteiger partial charge in [0.15, 0.2) is 9.84 Å². The fourth-order valence-electron chi connectivity index (χ4n) is 2.78. The van der Waals surface area contributed by atoms with Crippen molar-refractivity contribution >= 4 is 21.2 Å². The number of hydrogen-bond donors (Lipinski definition) is 1. The van der Waals surface area contributed by atoms with Crippen molar-refractivity contribution in [1.29, 1.82) is 0 Å². The molecular weight excluding hydrogens is 304 g/mol. The molecule has 1 aromatic rings. The van der Waals surface area contributed by atoms with Crippen LogP contribution in [-0.4, -0.2) is 30.9 Å². The van der Waals surface area contributed by atoms with E-state index in [-0.39, 0.29) is 11.7 Å². The highest BCUT2D eigenvalue weighted by Crippen LogP contribution is 2.34. The smallest absolute Gasteiger partial charge is 0.151 e. The average Bonchev–Trinajstić information content (AvgIpc) is 3.03. The van der Waals surface area contributed by atoms with Crippen LogP contribution in [0.2, 0.25) is 0 Å². The molecule has 2 aliphatic rings. The van der Waals surface area contributed by atoms with Crippen LogP contribution in [0.15, 0.2) is 0 Å². The number of aromatic nitrogens is 1. The first-order valence-corrected chi connectivity index (χ1v) is 10.5. The highest BCUT2D eigenvalue weighted by molar-refractivity contribution is 7.91. The maximum absolute atomic E-state index is 11.7. The van der Waals surface area contributed by atoms with Gasteiger partial charge in [0, 0.05) is 23.4 Å². The molecule has 1 saturated carbocycles. The first-order valence-electron chi connectivity index (χ1n) is 7.85. The summed E-state index contributed by atoms with van der Waals surface area (Å²) in [5.41, 5.74) is 1.18. The molecule has 0 aromatic carbocycles. The Labute approximate surface area is 131 Å². The molecule has 118 valence electrons. The predicted octanol–water partition coefficient (Wildman–Crippen LogP) is 2.50. The van der Waals surface area contributed by atoms with Crippen LogP contribution in [-0.2, 0) is 22.8 Å². The Bertz CT molecular complexity index is 603. The lowest BCUT2D eigenvalue weighted by molar-refractivity contribution is 0.601. The fourth-order valence-corrected chi connectivity index (χ4v) is 5.81. The molecule has 0 spiro atoms. The Balaban J connectivity index is 1.77. The Morgan fingerprint density at radius 2 is 2.10 bits per heavy atom. The van der Waals surface area contributed by atoms with Crippen molar-refractivity contribution in [2.24, 2.45) is 5.92 Å². The summed E-state index contributed by atoms with van der Waals surface area (Å²) in [5.74, 6) is 1.32. The zero-order chi connectivity index (χ0) is 15.0. The average molecular weight is 329 g/mol. The standard InChI is InChI=1S/C15H24N2O2S2/c1-10(2)7-13-14(8-16-12-3-4-12)20-15(17-13)11-5-6-21(18,19)9-11/h10-12,16H,3-9H2,1-2H3. The van der Waals surface area contributed by atoms with Gasteiger partial charge >= 0.3 is 0 Å². The maximum atomic E-state index is 11.7. The lowest BCUT2D eigenvalue weighted by Crippen LogP contribution is -2.15. The molecule has 1 N–H and O–H groups in total. The molecule has 21 heavy (non-hydrogen) atoms. The van der Waals surface area contributed by atoms with Gasteiger partial charge in [0.2, 0.25) is 0 Å². The molecule has 2 heterocycles. The first-order chi connectivity index (χ1) is 9.93. The molecule has 1 saturated heterocycles. The first kappa shape index (κ1) is 15.4. The number of thiazole rings is 1. The number of sulfone groups is 1. The van der Waals surface area contributed by atoms with Gasteiger partial charge in [0.05, 0.1) is 22.2 Å². The Hall–Kier alpha value is -0.460. The number of nitrogens with one attached hydrogen (secondary N) is 1. The molecule has 4 nitrogen and oxygen atoms in total. The van der Waals surface area contributed by atoms with Crippen LogP contribution >= 0.6 is 11.3 Å². The lowest BCUT2D eigenvalue weighted by atomic mass is 10.1. The van der Waals surface area contributed by atoms with Gasteiger partial charge in [-0.25, -0.2) is 13.4 Å². The monoisotopic (exact) mass is 328 g/mol. The minimum atomic E-state index is -2.83. The van der Waals surface area contributed by atoms with Gasteiger partial charge in [0.25, 0.3) is 0 Å². The molecule has 2 fully saturated rings. The molecular formula is C15H24N2O2S2. The molecule has 0 bridgehead atoms.